The number of esters is 1. The fourth-order valence-electron chi connectivity index (χ4n) is 3.00. The molecule has 3 rings (SSSR count). The molecular formula is C22H21NO2. The molecule has 2 aromatic carbocycles. The minimum atomic E-state index is -0.320. The van der Waals surface area contributed by atoms with Crippen molar-refractivity contribution in [2.24, 2.45) is 7.05 Å². The zero-order valence-corrected chi connectivity index (χ0v) is 14.5. The zero-order valence-electron chi connectivity index (χ0n) is 14.5. The van der Waals surface area contributed by atoms with Gasteiger partial charge in [0.05, 0.1) is 7.11 Å². The van der Waals surface area contributed by atoms with Crippen molar-refractivity contribution in [2.75, 3.05) is 7.11 Å². The van der Waals surface area contributed by atoms with Gasteiger partial charge in [-0.25, -0.2) is 4.79 Å². The van der Waals surface area contributed by atoms with Crippen LogP contribution in [0.1, 0.15) is 21.6 Å². The van der Waals surface area contributed by atoms with Gasteiger partial charge in [-0.1, -0.05) is 72.8 Å². The van der Waals surface area contributed by atoms with E-state index in [0.717, 1.165) is 28.7 Å². The number of rotatable bonds is 5. The summed E-state index contributed by atoms with van der Waals surface area (Å²) in [6, 6.07) is 20.2. The van der Waals surface area contributed by atoms with Gasteiger partial charge < -0.3 is 9.30 Å². The summed E-state index contributed by atoms with van der Waals surface area (Å²) in [7, 11) is 3.29. The highest BCUT2D eigenvalue weighted by Crippen LogP contribution is 2.30. The van der Waals surface area contributed by atoms with Crippen LogP contribution >= 0.6 is 0 Å². The minimum absolute atomic E-state index is 0.320. The molecule has 0 atom stereocenters. The predicted octanol–water partition coefficient (Wildman–Crippen LogP) is 4.73. The van der Waals surface area contributed by atoms with Gasteiger partial charge in [-0.15, -0.1) is 0 Å². The Hall–Kier alpha value is -3.07. The number of nitrogens with zero attached hydrogens (tertiary/aromatic N) is 1. The number of methoxy groups -OCH3 is 1. The SMILES string of the molecule is COC(=O)c1c(-c2ccccc2)c(C/C=C/c2ccccc2)cn1C. The van der Waals surface area contributed by atoms with E-state index in [1.165, 1.54) is 7.11 Å². The summed E-state index contributed by atoms with van der Waals surface area (Å²) in [6.45, 7) is 0. The van der Waals surface area contributed by atoms with Crippen molar-refractivity contribution >= 4 is 12.0 Å². The molecule has 0 saturated carbocycles. The van der Waals surface area contributed by atoms with E-state index in [-0.39, 0.29) is 5.97 Å². The van der Waals surface area contributed by atoms with Gasteiger partial charge in [-0.3, -0.25) is 0 Å². The number of ether oxygens (including phenoxy) is 1. The molecule has 0 bridgehead atoms. The van der Waals surface area contributed by atoms with Crippen LogP contribution in [-0.4, -0.2) is 17.6 Å². The molecule has 0 unspecified atom stereocenters. The summed E-state index contributed by atoms with van der Waals surface area (Å²) < 4.78 is 6.84. The van der Waals surface area contributed by atoms with Crippen LogP contribution in [0.3, 0.4) is 0 Å². The molecule has 0 spiro atoms. The van der Waals surface area contributed by atoms with E-state index < -0.39 is 0 Å². The Morgan fingerprint density at radius 1 is 1.04 bits per heavy atom. The number of aryl methyl sites for hydroxylation is 1. The fourth-order valence-corrected chi connectivity index (χ4v) is 3.00. The van der Waals surface area contributed by atoms with Gasteiger partial charge in [0.1, 0.15) is 5.69 Å². The monoisotopic (exact) mass is 331 g/mol. The molecule has 3 heteroatoms. The molecule has 0 N–H and O–H groups in total. The largest absolute Gasteiger partial charge is 0.464 e. The molecule has 0 aliphatic carbocycles. The van der Waals surface area contributed by atoms with Crippen LogP contribution in [0.2, 0.25) is 0 Å². The average molecular weight is 331 g/mol. The standard InChI is InChI=1S/C22H21NO2/c1-23-16-19(15-9-12-17-10-5-3-6-11-17)20(21(23)22(24)25-2)18-13-7-4-8-14-18/h3-14,16H,15H2,1-2H3/b12-9+. The highest BCUT2D eigenvalue weighted by atomic mass is 16.5. The minimum Gasteiger partial charge on any atom is -0.464 e. The molecule has 25 heavy (non-hydrogen) atoms. The molecule has 0 saturated heterocycles. The van der Waals surface area contributed by atoms with Gasteiger partial charge in [-0.2, -0.15) is 0 Å². The second-order valence-electron chi connectivity index (χ2n) is 5.86. The lowest BCUT2D eigenvalue weighted by atomic mass is 9.99. The summed E-state index contributed by atoms with van der Waals surface area (Å²) in [5.41, 5.74) is 4.80. The van der Waals surface area contributed by atoms with Crippen LogP contribution in [0.15, 0.2) is 72.9 Å². The van der Waals surface area contributed by atoms with Crippen molar-refractivity contribution in [3.8, 4) is 11.1 Å². The highest BCUT2D eigenvalue weighted by Gasteiger charge is 2.21. The van der Waals surface area contributed by atoms with E-state index in [9.17, 15) is 4.79 Å². The Balaban J connectivity index is 1.99. The van der Waals surface area contributed by atoms with Gasteiger partial charge >= 0.3 is 5.97 Å². The second-order valence-corrected chi connectivity index (χ2v) is 5.86. The predicted molar refractivity (Wildman–Crippen MR) is 101 cm³/mol. The van der Waals surface area contributed by atoms with E-state index in [1.54, 1.807) is 0 Å². The molecular weight excluding hydrogens is 310 g/mol. The normalized spacial score (nSPS) is 11.0. The first-order chi connectivity index (χ1) is 12.2. The van der Waals surface area contributed by atoms with Crippen LogP contribution in [0.4, 0.5) is 0 Å². The Morgan fingerprint density at radius 2 is 1.68 bits per heavy atom. The maximum absolute atomic E-state index is 12.3. The Labute approximate surface area is 148 Å². The average Bonchev–Trinajstić information content (AvgIpc) is 2.99. The van der Waals surface area contributed by atoms with Crippen LogP contribution < -0.4 is 0 Å². The summed E-state index contributed by atoms with van der Waals surface area (Å²) >= 11 is 0. The number of allylic oxidation sites excluding steroid dienone is 1. The van der Waals surface area contributed by atoms with E-state index >= 15 is 0 Å². The van der Waals surface area contributed by atoms with E-state index in [4.69, 9.17) is 4.74 Å². The third kappa shape index (κ3) is 3.72. The number of carbonyl (C=O) groups excluding carboxylic acids is 1. The van der Waals surface area contributed by atoms with Gasteiger partial charge in [0, 0.05) is 18.8 Å². The van der Waals surface area contributed by atoms with Crippen molar-refractivity contribution in [1.29, 1.82) is 0 Å². The van der Waals surface area contributed by atoms with Gasteiger partial charge in [0.25, 0.3) is 0 Å². The highest BCUT2D eigenvalue weighted by molar-refractivity contribution is 5.97. The molecule has 0 fully saturated rings. The summed E-state index contributed by atoms with van der Waals surface area (Å²) in [5.74, 6) is -0.320. The lowest BCUT2D eigenvalue weighted by Gasteiger charge is -2.07. The molecule has 3 nitrogen and oxygen atoms in total. The first kappa shape index (κ1) is 16.8. The van der Waals surface area contributed by atoms with E-state index in [2.05, 4.69) is 24.3 Å². The first-order valence-electron chi connectivity index (χ1n) is 8.24. The summed E-state index contributed by atoms with van der Waals surface area (Å²) in [4.78, 5) is 12.3. The van der Waals surface area contributed by atoms with Crippen LogP contribution in [0.25, 0.3) is 17.2 Å². The molecule has 3 aromatic rings. The maximum atomic E-state index is 12.3. The molecule has 126 valence electrons. The zero-order chi connectivity index (χ0) is 17.6. The number of carbonyl (C=O) groups is 1. The maximum Gasteiger partial charge on any atom is 0.355 e. The topological polar surface area (TPSA) is 31.2 Å². The first-order valence-corrected chi connectivity index (χ1v) is 8.24. The Bertz CT molecular complexity index is 877. The van der Waals surface area contributed by atoms with Gasteiger partial charge in [-0.05, 0) is 23.1 Å². The number of hydrogen-bond donors (Lipinski definition) is 0. The molecule has 0 amide bonds. The summed E-state index contributed by atoms with van der Waals surface area (Å²) in [5, 5.41) is 0. The van der Waals surface area contributed by atoms with E-state index in [1.807, 2.05) is 66.3 Å². The lowest BCUT2D eigenvalue weighted by Crippen LogP contribution is -2.08. The van der Waals surface area contributed by atoms with Crippen LogP contribution in [0, 0.1) is 0 Å². The Kier molecular flexibility index (Phi) is 5.14. The lowest BCUT2D eigenvalue weighted by molar-refractivity contribution is 0.0591. The van der Waals surface area contributed by atoms with Crippen molar-refractivity contribution in [1.82, 2.24) is 4.57 Å². The van der Waals surface area contributed by atoms with Crippen molar-refractivity contribution in [3.63, 3.8) is 0 Å². The van der Waals surface area contributed by atoms with Gasteiger partial charge in [0.2, 0.25) is 0 Å². The van der Waals surface area contributed by atoms with Crippen molar-refractivity contribution in [3.05, 3.63) is 89.8 Å². The molecule has 0 radical (unpaired) electrons. The number of benzene rings is 2. The summed E-state index contributed by atoms with van der Waals surface area (Å²) in [6.07, 6.45) is 6.96. The Morgan fingerprint density at radius 3 is 2.32 bits per heavy atom. The third-order valence-corrected chi connectivity index (χ3v) is 4.15. The van der Waals surface area contributed by atoms with Gasteiger partial charge in [0.15, 0.2) is 0 Å². The smallest absolute Gasteiger partial charge is 0.355 e. The fraction of sp³-hybridized carbons (Fsp3) is 0.136. The molecule has 1 aromatic heterocycles. The molecule has 0 aliphatic rings. The van der Waals surface area contributed by atoms with E-state index in [0.29, 0.717) is 5.69 Å². The molecule has 1 heterocycles. The third-order valence-electron chi connectivity index (χ3n) is 4.15. The quantitative estimate of drug-likeness (QED) is 0.633. The second kappa shape index (κ2) is 7.67. The molecule has 0 aliphatic heterocycles. The van der Waals surface area contributed by atoms with Crippen molar-refractivity contribution < 1.29 is 9.53 Å². The van der Waals surface area contributed by atoms with Crippen molar-refractivity contribution in [2.45, 2.75) is 6.42 Å². The number of hydrogen-bond acceptors (Lipinski definition) is 2. The van der Waals surface area contributed by atoms with Crippen LogP contribution in [-0.2, 0) is 18.2 Å². The number of aromatic nitrogens is 1. The van der Waals surface area contributed by atoms with Crippen LogP contribution in [0.5, 0.6) is 0 Å².